The molecule has 3 unspecified atom stereocenters. The Morgan fingerprint density at radius 1 is 1.31 bits per heavy atom. The highest BCUT2D eigenvalue weighted by atomic mass is 32.2. The van der Waals surface area contributed by atoms with Gasteiger partial charge in [0.15, 0.2) is 0 Å². The minimum Gasteiger partial charge on any atom is -0.242 e. The monoisotopic (exact) mass is 237 g/mol. The molecule has 1 aliphatic rings. The van der Waals surface area contributed by atoms with Gasteiger partial charge in [-0.3, -0.25) is 0 Å². The van der Waals surface area contributed by atoms with Crippen LogP contribution in [0, 0.1) is 0 Å². The zero-order chi connectivity index (χ0) is 11.8. The molecule has 0 spiro atoms. The molecule has 0 aromatic heterocycles. The van der Waals surface area contributed by atoms with Crippen molar-refractivity contribution < 1.29 is 4.21 Å². The predicted molar refractivity (Wildman–Crippen MR) is 68.5 cm³/mol. The highest BCUT2D eigenvalue weighted by Crippen LogP contribution is 2.29. The maximum absolute atomic E-state index is 12.1. The minimum atomic E-state index is -0.848. The lowest BCUT2D eigenvalue weighted by Gasteiger charge is -2.18. The third-order valence-electron chi connectivity index (χ3n) is 2.72. The number of hydrogen-bond acceptors (Lipinski definition) is 1. The molecular weight excluding hydrogens is 218 g/mol. The van der Waals surface area contributed by atoms with Crippen LogP contribution < -0.4 is 0 Å². The van der Waals surface area contributed by atoms with Crippen LogP contribution in [-0.4, -0.2) is 25.8 Å². The van der Waals surface area contributed by atoms with Gasteiger partial charge in [-0.25, -0.2) is 8.51 Å². The van der Waals surface area contributed by atoms with E-state index in [1.165, 1.54) is 5.56 Å². The van der Waals surface area contributed by atoms with Crippen LogP contribution in [0.3, 0.4) is 0 Å². The Morgan fingerprint density at radius 2 is 1.94 bits per heavy atom. The number of benzene rings is 1. The van der Waals surface area contributed by atoms with Crippen molar-refractivity contribution >= 4 is 11.0 Å². The van der Waals surface area contributed by atoms with Gasteiger partial charge in [0.2, 0.25) is 0 Å². The molecule has 1 saturated heterocycles. The molecule has 0 bridgehead atoms. The fourth-order valence-electron chi connectivity index (χ4n) is 1.77. The van der Waals surface area contributed by atoms with Crippen LogP contribution in [0.25, 0.3) is 0 Å². The highest BCUT2D eigenvalue weighted by Gasteiger charge is 2.42. The van der Waals surface area contributed by atoms with Crippen LogP contribution in [0.4, 0.5) is 0 Å². The number of rotatable bonds is 3. The van der Waals surface area contributed by atoms with Gasteiger partial charge in [-0.15, -0.1) is 0 Å². The van der Waals surface area contributed by atoms with Gasteiger partial charge in [-0.1, -0.05) is 30.3 Å². The van der Waals surface area contributed by atoms with Gasteiger partial charge in [0, 0.05) is 12.6 Å². The molecule has 2 rings (SSSR count). The van der Waals surface area contributed by atoms with Crippen molar-refractivity contribution in [2.24, 2.45) is 0 Å². The van der Waals surface area contributed by atoms with E-state index in [0.29, 0.717) is 6.04 Å². The second kappa shape index (κ2) is 4.30. The van der Waals surface area contributed by atoms with Crippen molar-refractivity contribution in [3.8, 4) is 0 Å². The van der Waals surface area contributed by atoms with Crippen molar-refractivity contribution in [1.82, 2.24) is 4.31 Å². The molecule has 0 aliphatic carbocycles. The third kappa shape index (κ3) is 2.71. The zero-order valence-corrected chi connectivity index (χ0v) is 11.0. The van der Waals surface area contributed by atoms with Gasteiger partial charge < -0.3 is 0 Å². The normalized spacial score (nSPS) is 26.4. The van der Waals surface area contributed by atoms with E-state index in [1.807, 2.05) is 26.8 Å². The fraction of sp³-hybridized carbons (Fsp3) is 0.538. The first kappa shape index (κ1) is 11.8. The molecule has 0 radical (unpaired) electrons. The van der Waals surface area contributed by atoms with Crippen LogP contribution >= 0.6 is 0 Å². The van der Waals surface area contributed by atoms with E-state index in [0.717, 1.165) is 13.0 Å². The summed E-state index contributed by atoms with van der Waals surface area (Å²) in [4.78, 5) is 0. The Labute approximate surface area is 100 Å². The summed E-state index contributed by atoms with van der Waals surface area (Å²) < 4.78 is 14.0. The summed E-state index contributed by atoms with van der Waals surface area (Å²) >= 11 is 0. The molecule has 3 atom stereocenters. The largest absolute Gasteiger partial charge is 0.242 e. The molecule has 1 aliphatic heterocycles. The quantitative estimate of drug-likeness (QED) is 0.739. The lowest BCUT2D eigenvalue weighted by Crippen LogP contribution is -2.28. The van der Waals surface area contributed by atoms with Crippen molar-refractivity contribution in [3.05, 3.63) is 35.9 Å². The van der Waals surface area contributed by atoms with Crippen molar-refractivity contribution in [2.75, 3.05) is 6.54 Å². The second-order valence-electron chi connectivity index (χ2n) is 5.30. The summed E-state index contributed by atoms with van der Waals surface area (Å²) in [6, 6.07) is 10.9. The van der Waals surface area contributed by atoms with Crippen LogP contribution in [0.2, 0.25) is 0 Å². The molecule has 0 saturated carbocycles. The smallest absolute Gasteiger partial charge is 0.100 e. The lowest BCUT2D eigenvalue weighted by molar-refractivity contribution is 0.603. The van der Waals surface area contributed by atoms with Crippen molar-refractivity contribution in [3.63, 3.8) is 0 Å². The van der Waals surface area contributed by atoms with Crippen LogP contribution in [0.15, 0.2) is 30.3 Å². The Bertz CT molecular complexity index is 383. The molecule has 3 heteroatoms. The first-order valence-corrected chi connectivity index (χ1v) is 6.82. The summed E-state index contributed by atoms with van der Waals surface area (Å²) in [6.45, 7) is 7.06. The van der Waals surface area contributed by atoms with E-state index in [4.69, 9.17) is 0 Å². The fourth-order valence-corrected chi connectivity index (χ4v) is 3.12. The maximum atomic E-state index is 12.1. The van der Waals surface area contributed by atoms with E-state index >= 15 is 0 Å². The van der Waals surface area contributed by atoms with Crippen molar-refractivity contribution in [1.29, 1.82) is 0 Å². The Balaban J connectivity index is 1.91. The summed E-state index contributed by atoms with van der Waals surface area (Å²) in [6.07, 6.45) is 1.02. The van der Waals surface area contributed by atoms with Crippen molar-refractivity contribution in [2.45, 2.75) is 38.0 Å². The SMILES string of the molecule is CC(C)(C)S(=O)N1CC1Cc1ccccc1. The van der Waals surface area contributed by atoms with E-state index in [2.05, 4.69) is 28.6 Å². The first-order valence-electron chi connectivity index (χ1n) is 5.71. The predicted octanol–water partition coefficient (Wildman–Crippen LogP) is 2.38. The molecular formula is C13H19NOS. The molecule has 0 N–H and O–H groups in total. The molecule has 16 heavy (non-hydrogen) atoms. The van der Waals surface area contributed by atoms with E-state index in [-0.39, 0.29) is 4.75 Å². The third-order valence-corrected chi connectivity index (χ3v) is 4.64. The Morgan fingerprint density at radius 3 is 2.50 bits per heavy atom. The van der Waals surface area contributed by atoms with Gasteiger partial charge in [-0.05, 0) is 32.8 Å². The van der Waals surface area contributed by atoms with E-state index in [9.17, 15) is 4.21 Å². The van der Waals surface area contributed by atoms with Gasteiger partial charge in [0.25, 0.3) is 0 Å². The Kier molecular flexibility index (Phi) is 3.17. The minimum absolute atomic E-state index is 0.133. The van der Waals surface area contributed by atoms with Crippen LogP contribution in [0.1, 0.15) is 26.3 Å². The molecule has 1 fully saturated rings. The topological polar surface area (TPSA) is 20.1 Å². The van der Waals surface area contributed by atoms with Crippen LogP contribution in [-0.2, 0) is 17.4 Å². The maximum Gasteiger partial charge on any atom is 0.100 e. The van der Waals surface area contributed by atoms with Gasteiger partial charge >= 0.3 is 0 Å². The van der Waals surface area contributed by atoms with E-state index in [1.54, 1.807) is 0 Å². The van der Waals surface area contributed by atoms with Gasteiger partial charge in [-0.2, -0.15) is 0 Å². The molecule has 1 aromatic rings. The Hall–Kier alpha value is -0.670. The first-order chi connectivity index (χ1) is 7.48. The van der Waals surface area contributed by atoms with Crippen LogP contribution in [0.5, 0.6) is 0 Å². The summed E-state index contributed by atoms with van der Waals surface area (Å²) in [5.74, 6) is 0. The summed E-state index contributed by atoms with van der Waals surface area (Å²) in [5.41, 5.74) is 1.33. The summed E-state index contributed by atoms with van der Waals surface area (Å²) in [5, 5.41) is 0. The van der Waals surface area contributed by atoms with Gasteiger partial charge in [0.05, 0.1) is 4.75 Å². The van der Waals surface area contributed by atoms with Gasteiger partial charge in [0.1, 0.15) is 11.0 Å². The zero-order valence-electron chi connectivity index (χ0n) is 10.1. The number of nitrogens with zero attached hydrogens (tertiary/aromatic N) is 1. The molecule has 2 nitrogen and oxygen atoms in total. The second-order valence-corrected chi connectivity index (χ2v) is 7.50. The molecule has 88 valence electrons. The van der Waals surface area contributed by atoms with E-state index < -0.39 is 11.0 Å². The summed E-state index contributed by atoms with van der Waals surface area (Å²) in [7, 11) is -0.848. The number of hydrogen-bond donors (Lipinski definition) is 0. The lowest BCUT2D eigenvalue weighted by atomic mass is 10.1. The molecule has 0 amide bonds. The average Bonchev–Trinajstić information content (AvgIpc) is 2.96. The molecule has 1 heterocycles. The average molecular weight is 237 g/mol. The highest BCUT2D eigenvalue weighted by molar-refractivity contribution is 7.84. The molecule has 1 aromatic carbocycles. The standard InChI is InChI=1S/C13H19NOS/c1-13(2,3)16(15)14-10-12(14)9-11-7-5-4-6-8-11/h4-8,12H,9-10H2,1-3H3.